The van der Waals surface area contributed by atoms with Gasteiger partial charge in [0.2, 0.25) is 0 Å². The van der Waals surface area contributed by atoms with Crippen LogP contribution in [0.25, 0.3) is 0 Å². The summed E-state index contributed by atoms with van der Waals surface area (Å²) in [5.41, 5.74) is -2.41. The van der Waals surface area contributed by atoms with Gasteiger partial charge in [-0.05, 0) is 18.8 Å². The Morgan fingerprint density at radius 2 is 2.20 bits per heavy atom. The third-order valence-electron chi connectivity index (χ3n) is 4.17. The van der Waals surface area contributed by atoms with Crippen LogP contribution < -0.4 is 11.2 Å². The maximum atomic E-state index is 11.9. The van der Waals surface area contributed by atoms with Crippen molar-refractivity contribution in [2.75, 3.05) is 13.2 Å². The lowest BCUT2D eigenvalue weighted by atomic mass is 9.89. The highest BCUT2D eigenvalue weighted by Crippen LogP contribution is 2.52. The molecule has 1 aromatic rings. The van der Waals surface area contributed by atoms with Gasteiger partial charge in [0.05, 0.1) is 13.2 Å². The van der Waals surface area contributed by atoms with Crippen molar-refractivity contribution in [3.8, 4) is 0 Å². The van der Waals surface area contributed by atoms with Gasteiger partial charge in [-0.15, -0.1) is 0 Å². The summed E-state index contributed by atoms with van der Waals surface area (Å²) < 4.78 is 6.64. The van der Waals surface area contributed by atoms with E-state index in [9.17, 15) is 19.8 Å². The van der Waals surface area contributed by atoms with Crippen LogP contribution in [0, 0.1) is 5.92 Å². The zero-order valence-corrected chi connectivity index (χ0v) is 11.3. The van der Waals surface area contributed by atoms with Crippen molar-refractivity contribution < 1.29 is 14.9 Å². The standard InChI is InChI=1S/C12H15ClN2O5/c13-12(15-4-3-8(17)14-10(15)19)6-20-11(5-16,9(12)18)7-1-2-7/h3-4,7,9,16,18H,1-2,5-6H2,(H,14,17,19)/t9-,11+,12-/m1/s1. The second-order valence-electron chi connectivity index (χ2n) is 5.38. The van der Waals surface area contributed by atoms with Gasteiger partial charge in [0.15, 0.2) is 5.00 Å². The number of halogens is 1. The zero-order chi connectivity index (χ0) is 14.5. The molecule has 0 aromatic carbocycles. The number of aliphatic hydroxyl groups is 2. The molecule has 110 valence electrons. The molecule has 20 heavy (non-hydrogen) atoms. The lowest BCUT2D eigenvalue weighted by Gasteiger charge is -2.34. The molecule has 1 saturated carbocycles. The number of nitrogens with one attached hydrogen (secondary N) is 1. The minimum atomic E-state index is -1.54. The van der Waals surface area contributed by atoms with Gasteiger partial charge in [0.1, 0.15) is 11.7 Å². The lowest BCUT2D eigenvalue weighted by Crippen LogP contribution is -2.54. The molecule has 2 aliphatic rings. The largest absolute Gasteiger partial charge is 0.393 e. The molecule has 3 atom stereocenters. The zero-order valence-electron chi connectivity index (χ0n) is 10.6. The second-order valence-corrected chi connectivity index (χ2v) is 6.03. The lowest BCUT2D eigenvalue weighted by molar-refractivity contribution is -0.107. The molecule has 2 heterocycles. The summed E-state index contributed by atoms with van der Waals surface area (Å²) in [7, 11) is 0. The number of ether oxygens (including phenoxy) is 1. The summed E-state index contributed by atoms with van der Waals surface area (Å²) in [6.07, 6.45) is 1.65. The normalized spacial score (nSPS) is 37.2. The summed E-state index contributed by atoms with van der Waals surface area (Å²) in [6.45, 7) is -0.496. The number of nitrogens with zero attached hydrogens (tertiary/aromatic N) is 1. The summed E-state index contributed by atoms with van der Waals surface area (Å²) in [5, 5.41) is 20.1. The number of aromatic amines is 1. The summed E-state index contributed by atoms with van der Waals surface area (Å²) in [4.78, 5) is 23.5. The van der Waals surface area contributed by atoms with E-state index >= 15 is 0 Å². The molecule has 1 aliphatic heterocycles. The second kappa shape index (κ2) is 4.42. The Labute approximate surface area is 118 Å². The molecule has 3 N–H and O–H groups in total. The highest BCUT2D eigenvalue weighted by molar-refractivity contribution is 6.22. The van der Waals surface area contributed by atoms with E-state index in [2.05, 4.69) is 4.98 Å². The van der Waals surface area contributed by atoms with Gasteiger partial charge in [0.25, 0.3) is 5.56 Å². The number of hydrogen-bond acceptors (Lipinski definition) is 5. The van der Waals surface area contributed by atoms with Crippen molar-refractivity contribution in [2.24, 2.45) is 5.92 Å². The molecule has 7 nitrogen and oxygen atoms in total. The van der Waals surface area contributed by atoms with Crippen molar-refractivity contribution in [1.82, 2.24) is 9.55 Å². The van der Waals surface area contributed by atoms with Crippen molar-refractivity contribution in [3.05, 3.63) is 33.1 Å². The van der Waals surface area contributed by atoms with Crippen LogP contribution >= 0.6 is 11.6 Å². The Hall–Kier alpha value is -1.15. The molecule has 2 fully saturated rings. The quantitative estimate of drug-likeness (QED) is 0.619. The van der Waals surface area contributed by atoms with Gasteiger partial charge >= 0.3 is 5.69 Å². The van der Waals surface area contributed by atoms with Crippen molar-refractivity contribution in [3.63, 3.8) is 0 Å². The Bertz CT molecular complexity index is 639. The molecule has 0 radical (unpaired) electrons. The Morgan fingerprint density at radius 3 is 2.75 bits per heavy atom. The molecular formula is C12H15ClN2O5. The van der Waals surface area contributed by atoms with Gasteiger partial charge in [-0.25, -0.2) is 4.79 Å². The van der Waals surface area contributed by atoms with E-state index < -0.39 is 28.0 Å². The van der Waals surface area contributed by atoms with Gasteiger partial charge in [-0.3, -0.25) is 14.3 Å². The monoisotopic (exact) mass is 302 g/mol. The average Bonchev–Trinajstić information content (AvgIpc) is 3.21. The van der Waals surface area contributed by atoms with Crippen LogP contribution in [0.15, 0.2) is 21.9 Å². The fourth-order valence-corrected chi connectivity index (χ4v) is 3.23. The molecule has 1 aromatic heterocycles. The molecule has 1 saturated heterocycles. The van der Waals surface area contributed by atoms with Crippen molar-refractivity contribution in [2.45, 2.75) is 29.5 Å². The third-order valence-corrected chi connectivity index (χ3v) is 4.66. The third kappa shape index (κ3) is 1.77. The van der Waals surface area contributed by atoms with E-state index in [-0.39, 0.29) is 19.1 Å². The topological polar surface area (TPSA) is 105 Å². The molecule has 0 bridgehead atoms. The first-order valence-electron chi connectivity index (χ1n) is 6.38. The molecule has 3 rings (SSSR count). The molecule has 0 amide bonds. The van der Waals surface area contributed by atoms with Gasteiger partial charge in [0, 0.05) is 12.3 Å². The number of H-pyrrole nitrogens is 1. The maximum Gasteiger partial charge on any atom is 0.329 e. The predicted octanol–water partition coefficient (Wildman–Crippen LogP) is -1.04. The Balaban J connectivity index is 2.05. The number of hydrogen-bond donors (Lipinski definition) is 3. The first-order chi connectivity index (χ1) is 9.44. The molecule has 0 spiro atoms. The van der Waals surface area contributed by atoms with Crippen LogP contribution in [0.3, 0.4) is 0 Å². The van der Waals surface area contributed by atoms with Crippen LogP contribution in [-0.2, 0) is 9.73 Å². The molecule has 8 heteroatoms. The fraction of sp³-hybridized carbons (Fsp3) is 0.667. The van der Waals surface area contributed by atoms with Crippen LogP contribution in [0.5, 0.6) is 0 Å². The van der Waals surface area contributed by atoms with E-state index in [1.165, 1.54) is 6.20 Å². The van der Waals surface area contributed by atoms with E-state index in [4.69, 9.17) is 16.3 Å². The smallest absolute Gasteiger partial charge is 0.329 e. The number of aliphatic hydroxyl groups excluding tert-OH is 2. The summed E-state index contributed by atoms with van der Waals surface area (Å²) >= 11 is 6.39. The van der Waals surface area contributed by atoms with Crippen molar-refractivity contribution in [1.29, 1.82) is 0 Å². The first-order valence-corrected chi connectivity index (χ1v) is 6.76. The van der Waals surface area contributed by atoms with E-state index in [1.54, 1.807) is 0 Å². The fourth-order valence-electron chi connectivity index (χ4n) is 2.85. The number of rotatable bonds is 3. The van der Waals surface area contributed by atoms with Gasteiger partial charge in [-0.2, -0.15) is 0 Å². The average molecular weight is 303 g/mol. The highest BCUT2D eigenvalue weighted by atomic mass is 35.5. The van der Waals surface area contributed by atoms with Crippen LogP contribution in [0.2, 0.25) is 0 Å². The van der Waals surface area contributed by atoms with Crippen LogP contribution in [0.1, 0.15) is 12.8 Å². The molecule has 0 unspecified atom stereocenters. The Kier molecular flexibility index (Phi) is 3.06. The number of aromatic nitrogens is 2. The molecule has 1 aliphatic carbocycles. The maximum absolute atomic E-state index is 11.9. The Morgan fingerprint density at radius 1 is 1.50 bits per heavy atom. The van der Waals surface area contributed by atoms with Crippen LogP contribution in [-0.4, -0.2) is 44.7 Å². The van der Waals surface area contributed by atoms with Gasteiger partial charge < -0.3 is 14.9 Å². The minimum Gasteiger partial charge on any atom is -0.393 e. The minimum absolute atomic E-state index is 0.0292. The predicted molar refractivity (Wildman–Crippen MR) is 69.6 cm³/mol. The van der Waals surface area contributed by atoms with E-state index in [1.807, 2.05) is 0 Å². The SMILES string of the molecule is O=c1ccn([C@]2(Cl)CO[C@@](CO)(C3CC3)[C@H]2O)c(=O)[nH]1. The van der Waals surface area contributed by atoms with E-state index in [0.717, 1.165) is 23.5 Å². The van der Waals surface area contributed by atoms with Crippen molar-refractivity contribution >= 4 is 11.6 Å². The summed E-state index contributed by atoms with van der Waals surface area (Å²) in [5.74, 6) is 0.0292. The highest BCUT2D eigenvalue weighted by Gasteiger charge is 2.64. The van der Waals surface area contributed by atoms with Crippen LogP contribution in [0.4, 0.5) is 0 Å². The number of alkyl halides is 1. The molecular weight excluding hydrogens is 288 g/mol. The van der Waals surface area contributed by atoms with Gasteiger partial charge in [-0.1, -0.05) is 11.6 Å². The summed E-state index contributed by atoms with van der Waals surface area (Å²) in [6, 6.07) is 1.15. The first kappa shape index (κ1) is 13.8. The van der Waals surface area contributed by atoms with E-state index in [0.29, 0.717) is 0 Å².